The fourth-order valence-electron chi connectivity index (χ4n) is 8.14. The van der Waals surface area contributed by atoms with E-state index in [9.17, 15) is 39.6 Å². The van der Waals surface area contributed by atoms with E-state index in [1.807, 2.05) is 27.7 Å². The number of ketones is 1. The van der Waals surface area contributed by atoms with Gasteiger partial charge in [0.15, 0.2) is 12.4 Å². The largest absolute Gasteiger partial charge is 0.507 e. The number of nitrogens with zero attached hydrogens (tertiary/aromatic N) is 1. The minimum atomic E-state index is -2.03. The summed E-state index contributed by atoms with van der Waals surface area (Å²) >= 11 is 0. The number of hydrogen-bond donors (Lipinski definition) is 5. The maximum absolute atomic E-state index is 14.6. The van der Waals surface area contributed by atoms with Gasteiger partial charge in [-0.05, 0) is 31.8 Å². The maximum Gasteiger partial charge on any atom is 0.312 e. The molecule has 0 saturated heterocycles. The van der Waals surface area contributed by atoms with Crippen molar-refractivity contribution >= 4 is 40.0 Å². The van der Waals surface area contributed by atoms with Crippen molar-refractivity contribution < 1.29 is 63.3 Å². The molecule has 2 aromatic rings. The van der Waals surface area contributed by atoms with Crippen molar-refractivity contribution in [2.24, 2.45) is 35.5 Å². The minimum Gasteiger partial charge on any atom is -0.507 e. The molecule has 3 aliphatic rings. The molecule has 5 rings (SSSR count). The number of rotatable bonds is 9. The van der Waals surface area contributed by atoms with E-state index >= 15 is 0 Å². The van der Waals surface area contributed by atoms with Crippen LogP contribution in [0.2, 0.25) is 0 Å². The number of benzene rings is 2. The van der Waals surface area contributed by atoms with Gasteiger partial charge in [0, 0.05) is 80.3 Å². The van der Waals surface area contributed by atoms with E-state index < -0.39 is 89.6 Å². The van der Waals surface area contributed by atoms with Crippen LogP contribution in [-0.4, -0.2) is 106 Å². The molecular formula is C47H66N2O13. The SMILES string of the molecule is COC1/C=C/OC2(C)Oc3c(C)c(O)c4c(O)c(cc(OCC(=O)N(CC(C)C)CC(C)C)c4c3C2=O)NC(=O)/C(C)=C\C=C\C(C)C(O)C(C)C(O)C(C)C(OC(C)=O)C1C. The Morgan fingerprint density at radius 2 is 1.55 bits per heavy atom. The zero-order valence-corrected chi connectivity index (χ0v) is 38.3. The summed E-state index contributed by atoms with van der Waals surface area (Å²) in [7, 11) is 1.44. The predicted molar refractivity (Wildman–Crippen MR) is 234 cm³/mol. The Morgan fingerprint density at radius 1 is 0.919 bits per heavy atom. The molecule has 0 aromatic heterocycles. The molecule has 62 heavy (non-hydrogen) atoms. The zero-order chi connectivity index (χ0) is 46.5. The van der Waals surface area contributed by atoms with Crippen molar-refractivity contribution in [2.45, 2.75) is 113 Å². The first-order valence-corrected chi connectivity index (χ1v) is 21.2. The Bertz CT molecular complexity index is 2080. The Hall–Kier alpha value is -5.12. The molecule has 5 N–H and O–H groups in total. The molecule has 342 valence electrons. The lowest BCUT2D eigenvalue weighted by Gasteiger charge is -2.38. The lowest BCUT2D eigenvalue weighted by Crippen LogP contribution is -2.46. The molecule has 0 radical (unpaired) electrons. The van der Waals surface area contributed by atoms with Crippen LogP contribution in [0.15, 0.2) is 42.2 Å². The van der Waals surface area contributed by atoms with Gasteiger partial charge < -0.3 is 54.3 Å². The van der Waals surface area contributed by atoms with Crippen LogP contribution < -0.4 is 14.8 Å². The molecule has 0 spiro atoms. The van der Waals surface area contributed by atoms with Crippen molar-refractivity contribution in [3.63, 3.8) is 0 Å². The molecule has 0 saturated carbocycles. The molecule has 9 atom stereocenters. The number of Topliss-reactive ketones (excluding diaryl/α,β-unsaturated/α-hetero) is 1. The minimum absolute atomic E-state index is 0.0551. The third kappa shape index (κ3) is 10.7. The molecule has 2 amide bonds. The normalized spacial score (nSPS) is 29.1. The summed E-state index contributed by atoms with van der Waals surface area (Å²) in [6.45, 7) is 21.0. The number of allylic oxidation sites excluding steroid dienone is 2. The summed E-state index contributed by atoms with van der Waals surface area (Å²) in [5, 5.41) is 48.7. The van der Waals surface area contributed by atoms with Crippen molar-refractivity contribution in [1.29, 1.82) is 0 Å². The van der Waals surface area contributed by atoms with Crippen LogP contribution in [0.5, 0.6) is 23.0 Å². The van der Waals surface area contributed by atoms with Crippen LogP contribution in [0, 0.1) is 42.4 Å². The summed E-state index contributed by atoms with van der Waals surface area (Å²) < 4.78 is 30.0. The van der Waals surface area contributed by atoms with Gasteiger partial charge in [-0.25, -0.2) is 0 Å². The van der Waals surface area contributed by atoms with Gasteiger partial charge in [-0.1, -0.05) is 73.6 Å². The van der Waals surface area contributed by atoms with E-state index in [-0.39, 0.29) is 62.4 Å². The number of aliphatic hydroxyl groups is 2. The molecular weight excluding hydrogens is 801 g/mol. The van der Waals surface area contributed by atoms with Gasteiger partial charge in [0.2, 0.25) is 0 Å². The number of ether oxygens (including phenoxy) is 5. The number of carbonyl (C=O) groups is 4. The molecule has 5 bridgehead atoms. The fraction of sp³-hybridized carbons (Fsp3) is 0.574. The summed E-state index contributed by atoms with van der Waals surface area (Å²) in [5.41, 5.74) is 0.000788. The van der Waals surface area contributed by atoms with Crippen LogP contribution in [0.1, 0.15) is 92.1 Å². The van der Waals surface area contributed by atoms with E-state index in [0.717, 1.165) is 0 Å². The first-order valence-electron chi connectivity index (χ1n) is 21.2. The van der Waals surface area contributed by atoms with E-state index in [1.54, 1.807) is 44.7 Å². The third-order valence-electron chi connectivity index (χ3n) is 11.7. The van der Waals surface area contributed by atoms with Gasteiger partial charge in [0.25, 0.3) is 17.6 Å². The fourth-order valence-corrected chi connectivity index (χ4v) is 8.14. The highest BCUT2D eigenvalue weighted by Crippen LogP contribution is 2.54. The first-order chi connectivity index (χ1) is 28.9. The summed E-state index contributed by atoms with van der Waals surface area (Å²) in [6, 6.07) is 1.29. The smallest absolute Gasteiger partial charge is 0.312 e. The average Bonchev–Trinajstić information content (AvgIpc) is 3.47. The molecule has 15 nitrogen and oxygen atoms in total. The van der Waals surface area contributed by atoms with Crippen LogP contribution in [0.3, 0.4) is 0 Å². The van der Waals surface area contributed by atoms with Gasteiger partial charge in [-0.3, -0.25) is 19.2 Å². The lowest BCUT2D eigenvalue weighted by atomic mass is 9.78. The van der Waals surface area contributed by atoms with Gasteiger partial charge in [-0.2, -0.15) is 0 Å². The monoisotopic (exact) mass is 866 g/mol. The van der Waals surface area contributed by atoms with Crippen LogP contribution in [0.25, 0.3) is 10.8 Å². The van der Waals surface area contributed by atoms with Gasteiger partial charge in [-0.15, -0.1) is 0 Å². The van der Waals surface area contributed by atoms with Crippen LogP contribution >= 0.6 is 0 Å². The highest BCUT2D eigenvalue weighted by atomic mass is 16.7. The van der Waals surface area contributed by atoms with E-state index in [1.165, 1.54) is 59.3 Å². The molecule has 0 aliphatic carbocycles. The van der Waals surface area contributed by atoms with E-state index in [2.05, 4.69) is 5.32 Å². The number of carbonyl (C=O) groups excluding carboxylic acids is 4. The number of nitrogens with one attached hydrogen (secondary N) is 1. The number of phenolic OH excluding ortho intramolecular Hbond substituents is 2. The van der Waals surface area contributed by atoms with E-state index in [0.29, 0.717) is 13.1 Å². The summed E-state index contributed by atoms with van der Waals surface area (Å²) in [5.74, 6) is -7.67. The number of esters is 1. The molecule has 15 heteroatoms. The zero-order valence-electron chi connectivity index (χ0n) is 38.3. The molecule has 3 heterocycles. The first kappa shape index (κ1) is 49.5. The highest BCUT2D eigenvalue weighted by molar-refractivity contribution is 6.21. The molecule has 3 aliphatic heterocycles. The molecule has 9 unspecified atom stereocenters. The standard InChI is InChI=1S/C47H66N2O13/c1-23(2)20-49(21-24(3)4)35(51)22-59-34-19-32-42(55)37-36(34)38-44(30(10)41(37)54)62-47(12,45(38)56)60-18-17-33(58-13)27(7)43(61-31(11)50)29(9)40(53)28(8)39(52)25(5)15-14-16-26(6)46(57)48-32/h14-19,23-25,27-29,33,39-40,43,52-55H,20-22H2,1-13H3,(H,48,57)/b15-14+,18-17+,26-16-. The number of hydrogen-bond acceptors (Lipinski definition) is 13. The number of methoxy groups -OCH3 is 1. The average molecular weight is 867 g/mol. The second kappa shape index (κ2) is 20.4. The lowest BCUT2D eigenvalue weighted by molar-refractivity contribution is -0.160. The van der Waals surface area contributed by atoms with Crippen molar-refractivity contribution in [3.05, 3.63) is 53.3 Å². The van der Waals surface area contributed by atoms with Crippen molar-refractivity contribution in [3.8, 4) is 23.0 Å². The number of anilines is 1. The van der Waals surface area contributed by atoms with E-state index in [4.69, 9.17) is 23.7 Å². The molecule has 0 fully saturated rings. The Morgan fingerprint density at radius 3 is 2.13 bits per heavy atom. The van der Waals surface area contributed by atoms with Crippen molar-refractivity contribution in [1.82, 2.24) is 4.90 Å². The van der Waals surface area contributed by atoms with Gasteiger partial charge in [0.05, 0.1) is 41.2 Å². The van der Waals surface area contributed by atoms with Gasteiger partial charge in [0.1, 0.15) is 23.4 Å². The van der Waals surface area contributed by atoms with Crippen molar-refractivity contribution in [2.75, 3.05) is 32.1 Å². The maximum atomic E-state index is 14.6. The number of aromatic hydroxyl groups is 2. The second-order valence-electron chi connectivity index (χ2n) is 17.8. The topological polar surface area (TPSA) is 211 Å². The Balaban J connectivity index is 1.94. The van der Waals surface area contributed by atoms with Crippen LogP contribution in [0.4, 0.5) is 5.69 Å². The van der Waals surface area contributed by atoms with Crippen LogP contribution in [-0.2, 0) is 28.6 Å². The molecule has 2 aromatic carbocycles. The van der Waals surface area contributed by atoms with Gasteiger partial charge >= 0.3 is 11.8 Å². The third-order valence-corrected chi connectivity index (χ3v) is 11.7. The summed E-state index contributed by atoms with van der Waals surface area (Å²) in [4.78, 5) is 56.0. The number of aliphatic hydroxyl groups excluding tert-OH is 2. The number of amides is 2. The predicted octanol–water partition coefficient (Wildman–Crippen LogP) is 6.57. The number of phenols is 2. The second-order valence-corrected chi connectivity index (χ2v) is 17.8. The Labute approximate surface area is 364 Å². The highest BCUT2D eigenvalue weighted by Gasteiger charge is 2.50. The summed E-state index contributed by atoms with van der Waals surface area (Å²) in [6.07, 6.45) is 3.62. The Kier molecular flexibility index (Phi) is 16.3. The quantitative estimate of drug-likeness (QED) is 0.134. The number of fused-ring (bicyclic) bond motifs is 14.